The zero-order chi connectivity index (χ0) is 13.0. The van der Waals surface area contributed by atoms with Gasteiger partial charge in [0.15, 0.2) is 11.6 Å². The fraction of sp³-hybridized carbons (Fsp3) is 0.273. The summed E-state index contributed by atoms with van der Waals surface area (Å²) in [6.45, 7) is 1.55. The van der Waals surface area contributed by atoms with E-state index in [9.17, 15) is 18.4 Å². The Hall–Kier alpha value is -1.98. The molecule has 1 atom stereocenters. The van der Waals surface area contributed by atoms with E-state index in [-0.39, 0.29) is 0 Å². The number of aliphatic carboxylic acids is 1. The third-order valence-electron chi connectivity index (χ3n) is 2.13. The first-order valence-electron chi connectivity index (χ1n) is 4.86. The lowest BCUT2D eigenvalue weighted by Gasteiger charge is -2.13. The fourth-order valence-corrected chi connectivity index (χ4v) is 1.29. The second-order valence-electron chi connectivity index (χ2n) is 3.53. The monoisotopic (exact) mass is 243 g/mol. The van der Waals surface area contributed by atoms with Crippen LogP contribution in [0.4, 0.5) is 8.78 Å². The van der Waals surface area contributed by atoms with Crippen LogP contribution in [0.25, 0.3) is 0 Å². The van der Waals surface area contributed by atoms with Crippen molar-refractivity contribution >= 4 is 11.9 Å². The lowest BCUT2D eigenvalue weighted by Crippen LogP contribution is -2.28. The van der Waals surface area contributed by atoms with Crippen LogP contribution in [-0.2, 0) is 9.59 Å². The summed E-state index contributed by atoms with van der Waals surface area (Å²) in [5, 5.41) is 10.7. The van der Waals surface area contributed by atoms with Crippen LogP contribution in [-0.4, -0.2) is 17.0 Å². The number of benzene rings is 1. The Bertz CT molecular complexity index is 448. The molecule has 0 heterocycles. The molecule has 0 saturated heterocycles. The maximum atomic E-state index is 12.9. The minimum absolute atomic E-state index is 0.364. The van der Waals surface area contributed by atoms with E-state index < -0.39 is 36.0 Å². The number of carbonyl (C=O) groups excluding carboxylic acids is 1. The highest BCUT2D eigenvalue weighted by Crippen LogP contribution is 2.15. The molecule has 0 radical (unpaired) electrons. The molecule has 6 heteroatoms. The molecule has 0 saturated carbocycles. The van der Waals surface area contributed by atoms with Gasteiger partial charge in [-0.1, -0.05) is 6.07 Å². The first-order valence-corrected chi connectivity index (χ1v) is 4.86. The highest BCUT2D eigenvalue weighted by atomic mass is 19.2. The predicted octanol–water partition coefficient (Wildman–Crippen LogP) is 1.62. The average Bonchev–Trinajstić information content (AvgIpc) is 2.20. The molecule has 1 unspecified atom stereocenters. The van der Waals surface area contributed by atoms with E-state index in [0.717, 1.165) is 12.1 Å². The number of halogens is 2. The third-order valence-corrected chi connectivity index (χ3v) is 2.13. The van der Waals surface area contributed by atoms with Gasteiger partial charge in [-0.3, -0.25) is 9.59 Å². The second kappa shape index (κ2) is 5.38. The van der Waals surface area contributed by atoms with Gasteiger partial charge in [-0.25, -0.2) is 8.78 Å². The third kappa shape index (κ3) is 3.82. The second-order valence-corrected chi connectivity index (χ2v) is 3.53. The van der Waals surface area contributed by atoms with E-state index in [1.54, 1.807) is 6.92 Å². The molecule has 2 N–H and O–H groups in total. The molecule has 0 fully saturated rings. The van der Waals surface area contributed by atoms with E-state index >= 15 is 0 Å². The number of hydrogen-bond donors (Lipinski definition) is 2. The Kier molecular flexibility index (Phi) is 4.14. The van der Waals surface area contributed by atoms with E-state index in [1.165, 1.54) is 6.07 Å². The van der Waals surface area contributed by atoms with Crippen LogP contribution < -0.4 is 5.32 Å². The molecule has 17 heavy (non-hydrogen) atoms. The summed E-state index contributed by atoms with van der Waals surface area (Å²) in [6.07, 6.45) is -0.659. The maximum Gasteiger partial charge on any atom is 0.312 e. The fourth-order valence-electron chi connectivity index (χ4n) is 1.29. The van der Waals surface area contributed by atoms with Crippen LogP contribution in [0.5, 0.6) is 0 Å². The normalized spacial score (nSPS) is 11.9. The minimum Gasteiger partial charge on any atom is -0.481 e. The van der Waals surface area contributed by atoms with Crippen LogP contribution in [0.2, 0.25) is 0 Å². The summed E-state index contributed by atoms with van der Waals surface area (Å²) in [6, 6.07) is 2.65. The molecule has 1 amide bonds. The maximum absolute atomic E-state index is 12.9. The topological polar surface area (TPSA) is 66.4 Å². The summed E-state index contributed by atoms with van der Waals surface area (Å²) in [5.74, 6) is -3.92. The van der Waals surface area contributed by atoms with Crippen molar-refractivity contribution in [1.29, 1.82) is 0 Å². The Labute approximate surface area is 96.3 Å². The molecule has 0 aromatic heterocycles. The van der Waals surface area contributed by atoms with Crippen molar-refractivity contribution in [2.75, 3.05) is 0 Å². The highest BCUT2D eigenvalue weighted by molar-refractivity contribution is 5.93. The van der Waals surface area contributed by atoms with Crippen molar-refractivity contribution < 1.29 is 23.5 Å². The van der Waals surface area contributed by atoms with Gasteiger partial charge in [0.2, 0.25) is 5.91 Å². The van der Waals surface area contributed by atoms with Gasteiger partial charge in [-0.05, 0) is 24.6 Å². The van der Waals surface area contributed by atoms with Crippen molar-refractivity contribution in [2.24, 2.45) is 0 Å². The van der Waals surface area contributed by atoms with Crippen LogP contribution in [0.1, 0.15) is 24.9 Å². The van der Waals surface area contributed by atoms with E-state index in [4.69, 9.17) is 5.11 Å². The smallest absolute Gasteiger partial charge is 0.312 e. The largest absolute Gasteiger partial charge is 0.481 e. The van der Waals surface area contributed by atoms with Gasteiger partial charge < -0.3 is 10.4 Å². The quantitative estimate of drug-likeness (QED) is 0.789. The molecule has 0 aliphatic carbocycles. The number of carboxylic acids is 1. The molecule has 1 aromatic carbocycles. The Balaban J connectivity index is 2.69. The van der Waals surface area contributed by atoms with Crippen LogP contribution in [0.15, 0.2) is 18.2 Å². The van der Waals surface area contributed by atoms with Crippen molar-refractivity contribution in [1.82, 2.24) is 5.32 Å². The molecule has 4 nitrogen and oxygen atoms in total. The zero-order valence-corrected chi connectivity index (χ0v) is 9.04. The Morgan fingerprint density at radius 3 is 2.53 bits per heavy atom. The summed E-state index contributed by atoms with van der Waals surface area (Å²) in [4.78, 5) is 21.4. The molecule has 0 aliphatic rings. The van der Waals surface area contributed by atoms with E-state index in [1.807, 2.05) is 0 Å². The van der Waals surface area contributed by atoms with E-state index in [0.29, 0.717) is 5.56 Å². The lowest BCUT2D eigenvalue weighted by atomic mass is 10.1. The van der Waals surface area contributed by atoms with Gasteiger partial charge in [0, 0.05) is 0 Å². The lowest BCUT2D eigenvalue weighted by molar-refractivity contribution is -0.140. The summed E-state index contributed by atoms with van der Waals surface area (Å²) in [5.41, 5.74) is 0.364. The summed E-state index contributed by atoms with van der Waals surface area (Å²) >= 11 is 0. The van der Waals surface area contributed by atoms with Gasteiger partial charge in [0.1, 0.15) is 6.42 Å². The van der Waals surface area contributed by atoms with Gasteiger partial charge in [0.05, 0.1) is 6.04 Å². The highest BCUT2D eigenvalue weighted by Gasteiger charge is 2.13. The number of carboxylic acid groups (broad SMARTS) is 1. The van der Waals surface area contributed by atoms with Gasteiger partial charge in [0.25, 0.3) is 0 Å². The van der Waals surface area contributed by atoms with Gasteiger partial charge >= 0.3 is 5.97 Å². The average molecular weight is 243 g/mol. The SMILES string of the molecule is CC(NC(=O)CC(=O)O)c1ccc(F)c(F)c1. The summed E-state index contributed by atoms with van der Waals surface area (Å²) in [7, 11) is 0. The molecule has 92 valence electrons. The predicted molar refractivity (Wildman–Crippen MR) is 55.2 cm³/mol. The van der Waals surface area contributed by atoms with Crippen molar-refractivity contribution in [2.45, 2.75) is 19.4 Å². The molecule has 1 rings (SSSR count). The van der Waals surface area contributed by atoms with Gasteiger partial charge in [-0.2, -0.15) is 0 Å². The number of nitrogens with one attached hydrogen (secondary N) is 1. The first-order chi connectivity index (χ1) is 7.90. The number of hydrogen-bond acceptors (Lipinski definition) is 2. The summed E-state index contributed by atoms with van der Waals surface area (Å²) < 4.78 is 25.6. The Morgan fingerprint density at radius 1 is 1.35 bits per heavy atom. The molecule has 0 aliphatic heterocycles. The number of rotatable bonds is 4. The van der Waals surface area contributed by atoms with Crippen LogP contribution in [0, 0.1) is 11.6 Å². The molecular formula is C11H11F2NO3. The number of carbonyl (C=O) groups is 2. The van der Waals surface area contributed by atoms with Crippen molar-refractivity contribution in [3.8, 4) is 0 Å². The zero-order valence-electron chi connectivity index (χ0n) is 9.04. The molecule has 1 aromatic rings. The number of amides is 1. The van der Waals surface area contributed by atoms with Crippen LogP contribution >= 0.6 is 0 Å². The van der Waals surface area contributed by atoms with Crippen molar-refractivity contribution in [3.63, 3.8) is 0 Å². The first kappa shape index (κ1) is 13.1. The minimum atomic E-state index is -1.25. The molecule has 0 bridgehead atoms. The molecular weight excluding hydrogens is 232 g/mol. The van der Waals surface area contributed by atoms with Crippen molar-refractivity contribution in [3.05, 3.63) is 35.4 Å². The van der Waals surface area contributed by atoms with Crippen LogP contribution in [0.3, 0.4) is 0 Å². The standard InChI is InChI=1S/C11H11F2NO3/c1-6(14-10(15)5-11(16)17)7-2-3-8(12)9(13)4-7/h2-4,6H,5H2,1H3,(H,14,15)(H,16,17). The molecule has 0 spiro atoms. The Morgan fingerprint density at radius 2 is 2.00 bits per heavy atom. The van der Waals surface area contributed by atoms with Gasteiger partial charge in [-0.15, -0.1) is 0 Å². The van der Waals surface area contributed by atoms with E-state index in [2.05, 4.69) is 5.32 Å².